The summed E-state index contributed by atoms with van der Waals surface area (Å²) in [4.78, 5) is 0. The Labute approximate surface area is 306 Å². The SMILES string of the molecule is Cc1ccc(-c2c3ccccc3c(-c3cccc4oc5ccc(-c6c7ccccc7c(-c7ccccc7)c7ccccc67)cc5c34)c3ccccc23)o1. The van der Waals surface area contributed by atoms with Crippen molar-refractivity contribution < 1.29 is 8.83 Å². The number of hydrogen-bond acceptors (Lipinski definition) is 2. The lowest BCUT2D eigenvalue weighted by atomic mass is 9.85. The predicted octanol–water partition coefficient (Wildman–Crippen LogP) is 14.8. The zero-order valence-electron chi connectivity index (χ0n) is 29.1. The average Bonchev–Trinajstić information content (AvgIpc) is 3.82. The summed E-state index contributed by atoms with van der Waals surface area (Å²) in [6, 6.07) is 63.3. The first-order valence-electron chi connectivity index (χ1n) is 18.2. The maximum atomic E-state index is 6.66. The van der Waals surface area contributed by atoms with E-state index in [0.29, 0.717) is 0 Å². The molecule has 0 N–H and O–H groups in total. The second-order valence-electron chi connectivity index (χ2n) is 14.0. The van der Waals surface area contributed by atoms with E-state index in [1.807, 2.05) is 13.0 Å². The van der Waals surface area contributed by atoms with Crippen LogP contribution < -0.4 is 0 Å². The number of fused-ring (bicyclic) bond motifs is 7. The predicted molar refractivity (Wildman–Crippen MR) is 222 cm³/mol. The van der Waals surface area contributed by atoms with Gasteiger partial charge in [0.15, 0.2) is 0 Å². The summed E-state index contributed by atoms with van der Waals surface area (Å²) in [5.74, 6) is 1.79. The number of rotatable bonds is 4. The molecule has 0 spiro atoms. The van der Waals surface area contributed by atoms with Crippen molar-refractivity contribution in [3.8, 4) is 44.7 Å². The molecule has 0 fully saturated rings. The monoisotopic (exact) mass is 676 g/mol. The Kier molecular flexibility index (Phi) is 6.50. The fraction of sp³-hybridized carbons (Fsp3) is 0.0196. The molecule has 0 aliphatic rings. The van der Waals surface area contributed by atoms with Crippen molar-refractivity contribution in [3.63, 3.8) is 0 Å². The van der Waals surface area contributed by atoms with Crippen molar-refractivity contribution in [2.45, 2.75) is 6.92 Å². The molecule has 2 nitrogen and oxygen atoms in total. The van der Waals surface area contributed by atoms with Crippen molar-refractivity contribution in [2.24, 2.45) is 0 Å². The molecule has 2 heteroatoms. The van der Waals surface area contributed by atoms with Crippen molar-refractivity contribution in [3.05, 3.63) is 182 Å². The molecule has 0 amide bonds. The molecule has 0 saturated carbocycles. The lowest BCUT2D eigenvalue weighted by molar-refractivity contribution is 0.549. The molecule has 2 heterocycles. The first-order valence-corrected chi connectivity index (χ1v) is 18.2. The number of furan rings is 2. The smallest absolute Gasteiger partial charge is 0.136 e. The molecule has 11 aromatic rings. The van der Waals surface area contributed by atoms with E-state index < -0.39 is 0 Å². The molecule has 0 radical (unpaired) electrons. The Bertz CT molecular complexity index is 3120. The van der Waals surface area contributed by atoms with Crippen LogP contribution in [0, 0.1) is 6.92 Å². The van der Waals surface area contributed by atoms with Crippen molar-refractivity contribution >= 4 is 65.0 Å². The Morgan fingerprint density at radius 1 is 0.321 bits per heavy atom. The van der Waals surface area contributed by atoms with Gasteiger partial charge in [0.25, 0.3) is 0 Å². The highest BCUT2D eigenvalue weighted by molar-refractivity contribution is 6.26. The van der Waals surface area contributed by atoms with Gasteiger partial charge >= 0.3 is 0 Å². The van der Waals surface area contributed by atoms with Crippen LogP contribution in [0.5, 0.6) is 0 Å². The molecule has 0 aliphatic heterocycles. The first kappa shape index (κ1) is 29.8. The van der Waals surface area contributed by atoms with Gasteiger partial charge in [-0.3, -0.25) is 0 Å². The largest absolute Gasteiger partial charge is 0.461 e. The third-order valence-electron chi connectivity index (χ3n) is 11.0. The summed E-state index contributed by atoms with van der Waals surface area (Å²) in [7, 11) is 0. The number of benzene rings is 9. The van der Waals surface area contributed by atoms with Crippen LogP contribution >= 0.6 is 0 Å². The van der Waals surface area contributed by atoms with E-state index in [2.05, 4.69) is 170 Å². The molecular formula is C51H32O2. The summed E-state index contributed by atoms with van der Waals surface area (Å²) in [5, 5.41) is 11.9. The van der Waals surface area contributed by atoms with Gasteiger partial charge in [-0.25, -0.2) is 0 Å². The molecule has 53 heavy (non-hydrogen) atoms. The van der Waals surface area contributed by atoms with Gasteiger partial charge in [-0.05, 0) is 114 Å². The standard InChI is InChI=1S/C51H32O2/c1-31-26-28-46(52-31)50-40-22-11-9-20-38(40)49(39-21-10-12-23-41(39)50)42-24-13-25-45-51(42)43-30-33(27-29-44(43)53-45)48-36-18-7-5-16-34(36)47(32-14-3-2-4-15-32)35-17-6-8-19-37(35)48/h2-30H,1H3. The molecule has 0 saturated heterocycles. The molecule has 0 unspecified atom stereocenters. The second kappa shape index (κ2) is 11.6. The average molecular weight is 677 g/mol. The topological polar surface area (TPSA) is 26.3 Å². The second-order valence-corrected chi connectivity index (χ2v) is 14.0. The molecule has 2 aromatic heterocycles. The highest BCUT2D eigenvalue weighted by Crippen LogP contribution is 2.49. The number of hydrogen-bond donors (Lipinski definition) is 0. The summed E-state index contributed by atoms with van der Waals surface area (Å²) in [5.41, 5.74) is 10.1. The third kappa shape index (κ3) is 4.46. The normalized spacial score (nSPS) is 11.9. The van der Waals surface area contributed by atoms with Crippen LogP contribution in [0.25, 0.3) is 110 Å². The minimum Gasteiger partial charge on any atom is -0.461 e. The Hall–Kier alpha value is -6.90. The summed E-state index contributed by atoms with van der Waals surface area (Å²) in [6.07, 6.45) is 0. The van der Waals surface area contributed by atoms with Gasteiger partial charge < -0.3 is 8.83 Å². The van der Waals surface area contributed by atoms with Gasteiger partial charge in [0.05, 0.1) is 0 Å². The molecule has 9 aromatic carbocycles. The maximum absolute atomic E-state index is 6.66. The van der Waals surface area contributed by atoms with Gasteiger partial charge in [0.2, 0.25) is 0 Å². The minimum absolute atomic E-state index is 0.877. The zero-order valence-corrected chi connectivity index (χ0v) is 29.1. The number of aryl methyl sites for hydroxylation is 1. The van der Waals surface area contributed by atoms with E-state index in [4.69, 9.17) is 8.83 Å². The van der Waals surface area contributed by atoms with Crippen LogP contribution in [-0.4, -0.2) is 0 Å². The quantitative estimate of drug-likeness (QED) is 0.173. The maximum Gasteiger partial charge on any atom is 0.136 e. The highest BCUT2D eigenvalue weighted by Gasteiger charge is 2.22. The fourth-order valence-electron chi connectivity index (χ4n) is 8.80. The van der Waals surface area contributed by atoms with E-state index in [1.54, 1.807) is 0 Å². The van der Waals surface area contributed by atoms with Gasteiger partial charge in [-0.1, -0.05) is 146 Å². The molecular weight excluding hydrogens is 645 g/mol. The minimum atomic E-state index is 0.877. The van der Waals surface area contributed by atoms with Crippen molar-refractivity contribution in [2.75, 3.05) is 0 Å². The lowest BCUT2D eigenvalue weighted by Gasteiger charge is -2.18. The summed E-state index contributed by atoms with van der Waals surface area (Å²) >= 11 is 0. The van der Waals surface area contributed by atoms with Crippen molar-refractivity contribution in [1.29, 1.82) is 0 Å². The molecule has 11 rings (SSSR count). The Morgan fingerprint density at radius 2 is 0.830 bits per heavy atom. The zero-order chi connectivity index (χ0) is 35.0. The van der Waals surface area contributed by atoms with Crippen molar-refractivity contribution in [1.82, 2.24) is 0 Å². The Balaban J connectivity index is 1.23. The van der Waals surface area contributed by atoms with Gasteiger partial charge in [-0.2, -0.15) is 0 Å². The lowest BCUT2D eigenvalue weighted by Crippen LogP contribution is -1.91. The van der Waals surface area contributed by atoms with Gasteiger partial charge in [0, 0.05) is 16.3 Å². The van der Waals surface area contributed by atoms with E-state index in [9.17, 15) is 0 Å². The van der Waals surface area contributed by atoms with E-state index in [1.165, 1.54) is 60.1 Å². The molecule has 0 atom stereocenters. The van der Waals surface area contributed by atoms with Crippen LogP contribution in [-0.2, 0) is 0 Å². The van der Waals surface area contributed by atoms with Crippen LogP contribution in [0.3, 0.4) is 0 Å². The van der Waals surface area contributed by atoms with Gasteiger partial charge in [-0.15, -0.1) is 0 Å². The highest BCUT2D eigenvalue weighted by atomic mass is 16.3. The Morgan fingerprint density at radius 3 is 1.38 bits per heavy atom. The summed E-state index contributed by atoms with van der Waals surface area (Å²) < 4.78 is 12.9. The first-order chi connectivity index (χ1) is 26.2. The molecule has 248 valence electrons. The fourth-order valence-corrected chi connectivity index (χ4v) is 8.80. The molecule has 0 aliphatic carbocycles. The summed E-state index contributed by atoms with van der Waals surface area (Å²) in [6.45, 7) is 2.00. The van der Waals surface area contributed by atoms with Crippen LogP contribution in [0.15, 0.2) is 185 Å². The molecule has 0 bridgehead atoms. The van der Waals surface area contributed by atoms with E-state index >= 15 is 0 Å². The van der Waals surface area contributed by atoms with E-state index in [0.717, 1.165) is 55.4 Å². The van der Waals surface area contributed by atoms with Gasteiger partial charge in [0.1, 0.15) is 22.7 Å². The van der Waals surface area contributed by atoms with Crippen LogP contribution in [0.4, 0.5) is 0 Å². The van der Waals surface area contributed by atoms with Crippen LogP contribution in [0.1, 0.15) is 5.76 Å². The third-order valence-corrected chi connectivity index (χ3v) is 11.0. The van der Waals surface area contributed by atoms with Crippen LogP contribution in [0.2, 0.25) is 0 Å². The van der Waals surface area contributed by atoms with E-state index in [-0.39, 0.29) is 0 Å².